The first-order valence-electron chi connectivity index (χ1n) is 8.04. The molecule has 0 aliphatic carbocycles. The number of thiazole rings is 1. The van der Waals surface area contributed by atoms with Gasteiger partial charge in [0.15, 0.2) is 0 Å². The number of carbonyl (C=O) groups is 1. The molecule has 1 amide bonds. The van der Waals surface area contributed by atoms with Crippen LogP contribution in [0.25, 0.3) is 10.6 Å². The van der Waals surface area contributed by atoms with Crippen LogP contribution in [-0.2, 0) is 0 Å². The van der Waals surface area contributed by atoms with E-state index in [9.17, 15) is 4.79 Å². The topological polar surface area (TPSA) is 71.2 Å². The number of aromatic nitrogens is 1. The summed E-state index contributed by atoms with van der Waals surface area (Å²) in [6, 6.07) is 7.89. The molecule has 120 valence electrons. The number of nitrogens with zero attached hydrogens (tertiary/aromatic N) is 2. The molecule has 0 spiro atoms. The number of hydrogen-bond acceptors (Lipinski definition) is 5. The highest BCUT2D eigenvalue weighted by molar-refractivity contribution is 7.17. The van der Waals surface area contributed by atoms with Gasteiger partial charge in [-0.2, -0.15) is 0 Å². The van der Waals surface area contributed by atoms with E-state index >= 15 is 0 Å². The Balaban J connectivity index is 1.48. The molecule has 5 rings (SSSR count). The number of nitrogens with two attached hydrogens (primary N) is 1. The summed E-state index contributed by atoms with van der Waals surface area (Å²) in [5.74, 6) is 0.614. The van der Waals surface area contributed by atoms with Gasteiger partial charge in [0.05, 0.1) is 6.20 Å². The van der Waals surface area contributed by atoms with E-state index < -0.39 is 0 Å². The fourth-order valence-corrected chi connectivity index (χ4v) is 4.43. The smallest absolute Gasteiger partial charge is 0.263 e. The van der Waals surface area contributed by atoms with Crippen LogP contribution in [0.3, 0.4) is 0 Å². The predicted octanol–water partition coefficient (Wildman–Crippen LogP) is 2.22. The lowest BCUT2D eigenvalue weighted by Crippen LogP contribution is -2.57. The molecule has 0 saturated carbocycles. The summed E-state index contributed by atoms with van der Waals surface area (Å²) in [6.45, 7) is 3.33. The highest BCUT2D eigenvalue weighted by Crippen LogP contribution is 2.31. The number of hydrogen-bond donors (Lipinski definition) is 2. The predicted molar refractivity (Wildman–Crippen MR) is 92.4 cm³/mol. The van der Waals surface area contributed by atoms with Crippen LogP contribution in [0.5, 0.6) is 0 Å². The Morgan fingerprint density at radius 1 is 1.30 bits per heavy atom. The van der Waals surface area contributed by atoms with E-state index in [0.717, 1.165) is 17.1 Å². The van der Waals surface area contributed by atoms with Crippen LogP contribution >= 0.6 is 11.3 Å². The molecule has 3 aliphatic heterocycles. The SMILES string of the molecule is Nc1ccccc1-c1ncc(C(=O)NC2CN3CCC2CC3)s1. The summed E-state index contributed by atoms with van der Waals surface area (Å²) in [4.78, 5) is 20.0. The van der Waals surface area contributed by atoms with E-state index in [2.05, 4.69) is 15.2 Å². The molecule has 3 saturated heterocycles. The Morgan fingerprint density at radius 3 is 2.78 bits per heavy atom. The Hall–Kier alpha value is -1.92. The first-order chi connectivity index (χ1) is 11.2. The van der Waals surface area contributed by atoms with Crippen LogP contribution in [0.4, 0.5) is 5.69 Å². The lowest BCUT2D eigenvalue weighted by molar-refractivity contribution is 0.0622. The molecule has 1 aromatic heterocycles. The van der Waals surface area contributed by atoms with Gasteiger partial charge >= 0.3 is 0 Å². The first-order valence-corrected chi connectivity index (χ1v) is 8.86. The number of benzene rings is 1. The maximum Gasteiger partial charge on any atom is 0.263 e. The molecular formula is C17H20N4OS. The van der Waals surface area contributed by atoms with Crippen LogP contribution in [0.15, 0.2) is 30.5 Å². The van der Waals surface area contributed by atoms with Gasteiger partial charge in [-0.1, -0.05) is 12.1 Å². The molecular weight excluding hydrogens is 308 g/mol. The quantitative estimate of drug-likeness (QED) is 0.848. The van der Waals surface area contributed by atoms with Crippen molar-refractivity contribution in [3.05, 3.63) is 35.3 Å². The number of nitrogens with one attached hydrogen (secondary N) is 1. The van der Waals surface area contributed by atoms with Crippen molar-refractivity contribution in [3.8, 4) is 10.6 Å². The molecule has 23 heavy (non-hydrogen) atoms. The molecule has 1 atom stereocenters. The number of amides is 1. The van der Waals surface area contributed by atoms with Gasteiger partial charge in [-0.25, -0.2) is 4.98 Å². The zero-order valence-corrected chi connectivity index (χ0v) is 13.7. The second-order valence-electron chi connectivity index (χ2n) is 6.33. The van der Waals surface area contributed by atoms with Gasteiger partial charge in [0, 0.05) is 23.8 Å². The monoisotopic (exact) mass is 328 g/mol. The molecule has 3 fully saturated rings. The Labute approximate surface area is 139 Å². The van der Waals surface area contributed by atoms with E-state index in [1.807, 2.05) is 24.3 Å². The molecule has 2 bridgehead atoms. The summed E-state index contributed by atoms with van der Waals surface area (Å²) < 4.78 is 0. The van der Waals surface area contributed by atoms with Gasteiger partial charge in [-0.05, 0) is 44.0 Å². The number of fused-ring (bicyclic) bond motifs is 3. The summed E-state index contributed by atoms with van der Waals surface area (Å²) in [6.07, 6.45) is 4.04. The van der Waals surface area contributed by atoms with Crippen molar-refractivity contribution in [2.24, 2.45) is 5.92 Å². The number of nitrogen functional groups attached to an aromatic ring is 1. The number of rotatable bonds is 3. The molecule has 1 unspecified atom stereocenters. The van der Waals surface area contributed by atoms with Gasteiger partial charge < -0.3 is 16.0 Å². The molecule has 6 heteroatoms. The molecule has 4 heterocycles. The van der Waals surface area contributed by atoms with Crippen molar-refractivity contribution in [3.63, 3.8) is 0 Å². The van der Waals surface area contributed by atoms with Gasteiger partial charge in [0.1, 0.15) is 9.88 Å². The average molecular weight is 328 g/mol. The van der Waals surface area contributed by atoms with Gasteiger partial charge in [0.2, 0.25) is 0 Å². The molecule has 1 aromatic carbocycles. The number of carbonyl (C=O) groups excluding carboxylic acids is 1. The van der Waals surface area contributed by atoms with E-state index in [-0.39, 0.29) is 11.9 Å². The van der Waals surface area contributed by atoms with Gasteiger partial charge in [-0.3, -0.25) is 4.79 Å². The molecule has 3 N–H and O–H groups in total. The lowest BCUT2D eigenvalue weighted by atomic mass is 9.84. The van der Waals surface area contributed by atoms with Crippen molar-refractivity contribution in [2.75, 3.05) is 25.4 Å². The largest absolute Gasteiger partial charge is 0.398 e. The van der Waals surface area contributed by atoms with Crippen molar-refractivity contribution in [1.82, 2.24) is 15.2 Å². The third-order valence-electron chi connectivity index (χ3n) is 4.89. The Kier molecular flexibility index (Phi) is 3.79. The second kappa shape index (κ2) is 5.94. The second-order valence-corrected chi connectivity index (χ2v) is 7.37. The average Bonchev–Trinajstić information content (AvgIpc) is 3.06. The zero-order chi connectivity index (χ0) is 15.8. The summed E-state index contributed by atoms with van der Waals surface area (Å²) >= 11 is 1.40. The number of anilines is 1. The maximum absolute atomic E-state index is 12.5. The Morgan fingerprint density at radius 2 is 2.09 bits per heavy atom. The lowest BCUT2D eigenvalue weighted by Gasteiger charge is -2.44. The number of para-hydroxylation sites is 1. The third kappa shape index (κ3) is 2.84. The van der Waals surface area contributed by atoms with Crippen molar-refractivity contribution < 1.29 is 4.79 Å². The molecule has 2 aromatic rings. The van der Waals surface area contributed by atoms with Gasteiger partial charge in [0.25, 0.3) is 5.91 Å². The molecule has 5 nitrogen and oxygen atoms in total. The van der Waals surface area contributed by atoms with Gasteiger partial charge in [-0.15, -0.1) is 11.3 Å². The van der Waals surface area contributed by atoms with Crippen LogP contribution in [0.2, 0.25) is 0 Å². The van der Waals surface area contributed by atoms with E-state index in [0.29, 0.717) is 16.5 Å². The summed E-state index contributed by atoms with van der Waals surface area (Å²) in [5, 5.41) is 4.00. The highest BCUT2D eigenvalue weighted by atomic mass is 32.1. The van der Waals surface area contributed by atoms with Crippen LogP contribution in [-0.4, -0.2) is 41.5 Å². The van der Waals surface area contributed by atoms with Crippen LogP contribution < -0.4 is 11.1 Å². The minimum atomic E-state index is -0.0120. The third-order valence-corrected chi connectivity index (χ3v) is 5.92. The Bertz CT molecular complexity index is 721. The number of piperidine rings is 3. The van der Waals surface area contributed by atoms with E-state index in [4.69, 9.17) is 5.73 Å². The fraction of sp³-hybridized carbons (Fsp3) is 0.412. The van der Waals surface area contributed by atoms with Crippen molar-refractivity contribution >= 4 is 22.9 Å². The minimum Gasteiger partial charge on any atom is -0.398 e. The highest BCUT2D eigenvalue weighted by Gasteiger charge is 2.35. The standard InChI is InChI=1S/C17H20N4OS/c18-13-4-2-1-3-12(13)17-19-9-15(23-17)16(22)20-14-10-21-7-5-11(14)6-8-21/h1-4,9,11,14H,5-8,10,18H2,(H,20,22). The van der Waals surface area contributed by atoms with Crippen LogP contribution in [0, 0.1) is 5.92 Å². The zero-order valence-electron chi connectivity index (χ0n) is 12.9. The summed E-state index contributed by atoms with van der Waals surface area (Å²) in [7, 11) is 0. The van der Waals surface area contributed by atoms with Crippen LogP contribution in [0.1, 0.15) is 22.5 Å². The summed E-state index contributed by atoms with van der Waals surface area (Å²) in [5.41, 5.74) is 7.56. The van der Waals surface area contributed by atoms with Crippen molar-refractivity contribution in [1.29, 1.82) is 0 Å². The van der Waals surface area contributed by atoms with Crippen molar-refractivity contribution in [2.45, 2.75) is 18.9 Å². The van der Waals surface area contributed by atoms with E-state index in [1.165, 1.54) is 37.3 Å². The maximum atomic E-state index is 12.5. The van der Waals surface area contributed by atoms with E-state index in [1.54, 1.807) is 6.20 Å². The molecule has 0 radical (unpaired) electrons. The fourth-order valence-electron chi connectivity index (χ4n) is 3.56. The minimum absolute atomic E-state index is 0.0120. The molecule has 3 aliphatic rings. The normalized spacial score (nSPS) is 26.2. The first kappa shape index (κ1) is 14.7.